The summed E-state index contributed by atoms with van der Waals surface area (Å²) >= 11 is 0. The second kappa shape index (κ2) is 7.55. The molecule has 24 heavy (non-hydrogen) atoms. The monoisotopic (exact) mass is 331 g/mol. The maximum atomic E-state index is 13.9. The van der Waals surface area contributed by atoms with E-state index >= 15 is 0 Å². The zero-order valence-corrected chi connectivity index (χ0v) is 12.0. The summed E-state index contributed by atoms with van der Waals surface area (Å²) in [6, 6.07) is 4.44. The number of aromatic nitrogens is 1. The van der Waals surface area contributed by atoms with Crippen molar-refractivity contribution in [3.63, 3.8) is 0 Å². The standard InChI is InChI=1S/C15H10FN3O5/c16-12-8-11(19(22)23)3-4-14(12)24-13-5-7-17-9-10(13)2-1-6-18-15(20)21/h3-5,7-9,18H,6H2,(H,20,21). The van der Waals surface area contributed by atoms with Gasteiger partial charge in [-0.3, -0.25) is 15.1 Å². The van der Waals surface area contributed by atoms with Gasteiger partial charge in [0.05, 0.1) is 23.1 Å². The molecule has 2 rings (SSSR count). The quantitative estimate of drug-likeness (QED) is 0.505. The van der Waals surface area contributed by atoms with Crippen LogP contribution in [0.5, 0.6) is 11.5 Å². The molecule has 122 valence electrons. The van der Waals surface area contributed by atoms with Gasteiger partial charge >= 0.3 is 6.09 Å². The smallest absolute Gasteiger partial charge is 0.405 e. The molecule has 0 spiro atoms. The Morgan fingerprint density at radius 2 is 2.21 bits per heavy atom. The van der Waals surface area contributed by atoms with Gasteiger partial charge in [0.15, 0.2) is 11.6 Å². The highest BCUT2D eigenvalue weighted by Crippen LogP contribution is 2.28. The molecule has 1 aromatic heterocycles. The number of pyridine rings is 1. The second-order valence-electron chi connectivity index (χ2n) is 4.31. The number of hydrogen-bond donors (Lipinski definition) is 2. The van der Waals surface area contributed by atoms with Crippen LogP contribution in [0.2, 0.25) is 0 Å². The average Bonchev–Trinajstić information content (AvgIpc) is 2.54. The topological polar surface area (TPSA) is 115 Å². The summed E-state index contributed by atoms with van der Waals surface area (Å²) in [6.07, 6.45) is 1.56. The molecule has 0 aliphatic heterocycles. The van der Waals surface area contributed by atoms with Gasteiger partial charge in [-0.15, -0.1) is 0 Å². The highest BCUT2D eigenvalue weighted by atomic mass is 19.1. The van der Waals surface area contributed by atoms with Gasteiger partial charge in [0, 0.05) is 24.5 Å². The van der Waals surface area contributed by atoms with Gasteiger partial charge in [-0.05, 0) is 6.07 Å². The summed E-state index contributed by atoms with van der Waals surface area (Å²) in [5.74, 6) is 4.27. The second-order valence-corrected chi connectivity index (χ2v) is 4.31. The maximum absolute atomic E-state index is 13.9. The van der Waals surface area contributed by atoms with Crippen molar-refractivity contribution in [1.82, 2.24) is 10.3 Å². The molecular weight excluding hydrogens is 321 g/mol. The molecule has 1 amide bonds. The lowest BCUT2D eigenvalue weighted by atomic mass is 10.2. The molecule has 0 aliphatic carbocycles. The number of carbonyl (C=O) groups is 1. The first kappa shape index (κ1) is 16.7. The number of hydrogen-bond acceptors (Lipinski definition) is 5. The van der Waals surface area contributed by atoms with E-state index in [1.54, 1.807) is 0 Å². The van der Waals surface area contributed by atoms with E-state index in [1.807, 2.05) is 0 Å². The number of non-ortho nitro benzene ring substituents is 1. The van der Waals surface area contributed by atoms with Gasteiger partial charge in [0.1, 0.15) is 5.75 Å². The Morgan fingerprint density at radius 3 is 2.88 bits per heavy atom. The number of benzene rings is 1. The van der Waals surface area contributed by atoms with Crippen LogP contribution < -0.4 is 10.1 Å². The number of ether oxygens (including phenoxy) is 1. The molecule has 0 unspecified atom stereocenters. The van der Waals surface area contributed by atoms with Crippen LogP contribution in [0.25, 0.3) is 0 Å². The Hall–Kier alpha value is -3.67. The zero-order valence-electron chi connectivity index (χ0n) is 12.0. The van der Waals surface area contributed by atoms with Gasteiger partial charge in [-0.2, -0.15) is 0 Å². The van der Waals surface area contributed by atoms with E-state index in [9.17, 15) is 19.3 Å². The number of amides is 1. The van der Waals surface area contributed by atoms with Crippen molar-refractivity contribution in [3.8, 4) is 23.3 Å². The molecule has 2 N–H and O–H groups in total. The molecule has 0 atom stereocenters. The molecule has 0 fully saturated rings. The van der Waals surface area contributed by atoms with Crippen LogP contribution in [-0.2, 0) is 0 Å². The van der Waals surface area contributed by atoms with Crippen LogP contribution in [-0.4, -0.2) is 27.7 Å². The average molecular weight is 331 g/mol. The molecular formula is C15H10FN3O5. The van der Waals surface area contributed by atoms with Crippen LogP contribution in [0.4, 0.5) is 14.9 Å². The van der Waals surface area contributed by atoms with Crippen molar-refractivity contribution in [2.75, 3.05) is 6.54 Å². The van der Waals surface area contributed by atoms with Crippen LogP contribution in [0.1, 0.15) is 5.56 Å². The predicted molar refractivity (Wildman–Crippen MR) is 80.3 cm³/mol. The van der Waals surface area contributed by atoms with Crippen LogP contribution in [0.15, 0.2) is 36.7 Å². The molecule has 1 heterocycles. The van der Waals surface area contributed by atoms with Gasteiger partial charge in [-0.25, -0.2) is 9.18 Å². The molecule has 0 aliphatic rings. The third-order valence-electron chi connectivity index (χ3n) is 2.68. The third kappa shape index (κ3) is 4.41. The number of nitrogens with one attached hydrogen (secondary N) is 1. The summed E-state index contributed by atoms with van der Waals surface area (Å²) in [7, 11) is 0. The fraction of sp³-hybridized carbons (Fsp3) is 0.0667. The van der Waals surface area contributed by atoms with Crippen LogP contribution >= 0.6 is 0 Å². The fourth-order valence-electron chi connectivity index (χ4n) is 1.63. The summed E-state index contributed by atoms with van der Waals surface area (Å²) in [4.78, 5) is 24.1. The number of halogens is 1. The first-order valence-corrected chi connectivity index (χ1v) is 6.49. The molecule has 0 bridgehead atoms. The van der Waals surface area contributed by atoms with Crippen molar-refractivity contribution in [2.45, 2.75) is 0 Å². The van der Waals surface area contributed by atoms with Gasteiger partial charge in [0.2, 0.25) is 0 Å². The Balaban J connectivity index is 2.21. The lowest BCUT2D eigenvalue weighted by Gasteiger charge is -2.08. The first-order chi connectivity index (χ1) is 11.5. The van der Waals surface area contributed by atoms with Crippen molar-refractivity contribution in [1.29, 1.82) is 0 Å². The van der Waals surface area contributed by atoms with E-state index in [1.165, 1.54) is 18.5 Å². The fourth-order valence-corrected chi connectivity index (χ4v) is 1.63. The number of nitro benzene ring substituents is 1. The predicted octanol–water partition coefficient (Wildman–Crippen LogP) is 2.54. The minimum absolute atomic E-state index is 0.102. The number of nitro groups is 1. The van der Waals surface area contributed by atoms with Crippen molar-refractivity contribution in [2.24, 2.45) is 0 Å². The Kier molecular flexibility index (Phi) is 5.25. The third-order valence-corrected chi connectivity index (χ3v) is 2.68. The summed E-state index contributed by atoms with van der Waals surface area (Å²) in [5.41, 5.74) is -0.0863. The van der Waals surface area contributed by atoms with Crippen molar-refractivity contribution >= 4 is 11.8 Å². The molecule has 0 radical (unpaired) electrons. The normalized spacial score (nSPS) is 9.54. The molecule has 2 aromatic rings. The highest BCUT2D eigenvalue weighted by Gasteiger charge is 2.13. The van der Waals surface area contributed by atoms with E-state index < -0.39 is 22.5 Å². The van der Waals surface area contributed by atoms with E-state index in [0.29, 0.717) is 5.56 Å². The summed E-state index contributed by atoms with van der Waals surface area (Å²) in [5, 5.41) is 21.1. The van der Waals surface area contributed by atoms with E-state index in [2.05, 4.69) is 22.1 Å². The largest absolute Gasteiger partial charge is 0.465 e. The lowest BCUT2D eigenvalue weighted by Crippen LogP contribution is -2.20. The minimum Gasteiger partial charge on any atom is -0.465 e. The van der Waals surface area contributed by atoms with Crippen molar-refractivity contribution in [3.05, 3.63) is 58.2 Å². The lowest BCUT2D eigenvalue weighted by molar-refractivity contribution is -0.385. The molecule has 8 nitrogen and oxygen atoms in total. The van der Waals surface area contributed by atoms with Gasteiger partial charge in [-0.1, -0.05) is 11.8 Å². The maximum Gasteiger partial charge on any atom is 0.405 e. The molecule has 0 saturated carbocycles. The Morgan fingerprint density at radius 1 is 1.42 bits per heavy atom. The Bertz CT molecular complexity index is 844. The Labute approximate surface area is 135 Å². The van der Waals surface area contributed by atoms with Gasteiger partial charge in [0.25, 0.3) is 5.69 Å². The van der Waals surface area contributed by atoms with E-state index in [4.69, 9.17) is 9.84 Å². The van der Waals surface area contributed by atoms with E-state index in [0.717, 1.165) is 18.2 Å². The zero-order chi connectivity index (χ0) is 17.5. The number of carboxylic acid groups (broad SMARTS) is 1. The van der Waals surface area contributed by atoms with E-state index in [-0.39, 0.29) is 18.0 Å². The number of nitrogens with zero attached hydrogens (tertiary/aromatic N) is 2. The van der Waals surface area contributed by atoms with Crippen molar-refractivity contribution < 1.29 is 24.0 Å². The van der Waals surface area contributed by atoms with Crippen LogP contribution in [0.3, 0.4) is 0 Å². The first-order valence-electron chi connectivity index (χ1n) is 6.49. The summed E-state index contributed by atoms with van der Waals surface area (Å²) < 4.78 is 19.2. The highest BCUT2D eigenvalue weighted by molar-refractivity contribution is 5.64. The SMILES string of the molecule is O=C(O)NCC#Cc1cnccc1Oc1ccc([N+](=O)[O-])cc1F. The molecule has 0 saturated heterocycles. The summed E-state index contributed by atoms with van der Waals surface area (Å²) in [6.45, 7) is -0.102. The minimum atomic E-state index is -1.21. The molecule has 9 heteroatoms. The van der Waals surface area contributed by atoms with Gasteiger partial charge < -0.3 is 15.2 Å². The number of rotatable bonds is 4. The van der Waals surface area contributed by atoms with Crippen LogP contribution in [0, 0.1) is 27.8 Å². The molecule has 1 aromatic carbocycles.